The standard InChI is InChI=1S/C16H19FN2/c1-3-18-12-13-7-4-5-10-16(13)19(2)15-9-6-8-14(17)11-15/h4-11,18H,3,12H2,1-2H3. The lowest BCUT2D eigenvalue weighted by atomic mass is 10.1. The van der Waals surface area contributed by atoms with Crippen molar-refractivity contribution in [3.8, 4) is 0 Å². The average molecular weight is 258 g/mol. The predicted molar refractivity (Wildman–Crippen MR) is 78.3 cm³/mol. The van der Waals surface area contributed by atoms with Crippen molar-refractivity contribution in [3.05, 3.63) is 59.9 Å². The summed E-state index contributed by atoms with van der Waals surface area (Å²) in [6.45, 7) is 3.82. The fourth-order valence-electron chi connectivity index (χ4n) is 2.07. The second kappa shape index (κ2) is 6.34. The van der Waals surface area contributed by atoms with Crippen molar-refractivity contribution < 1.29 is 4.39 Å². The van der Waals surface area contributed by atoms with Crippen LogP contribution in [0.4, 0.5) is 15.8 Å². The molecule has 2 aromatic rings. The number of rotatable bonds is 5. The van der Waals surface area contributed by atoms with E-state index >= 15 is 0 Å². The van der Waals surface area contributed by atoms with Crippen molar-refractivity contribution in [2.45, 2.75) is 13.5 Å². The first kappa shape index (κ1) is 13.6. The molecule has 0 saturated heterocycles. The SMILES string of the molecule is CCNCc1ccccc1N(C)c1cccc(F)c1. The molecule has 0 heterocycles. The fraction of sp³-hybridized carbons (Fsp3) is 0.250. The van der Waals surface area contributed by atoms with E-state index in [0.29, 0.717) is 0 Å². The summed E-state index contributed by atoms with van der Waals surface area (Å²) in [4.78, 5) is 2.01. The summed E-state index contributed by atoms with van der Waals surface area (Å²) in [6.07, 6.45) is 0. The molecule has 3 heteroatoms. The highest BCUT2D eigenvalue weighted by Gasteiger charge is 2.08. The molecule has 0 unspecified atom stereocenters. The van der Waals surface area contributed by atoms with Crippen molar-refractivity contribution in [1.82, 2.24) is 5.32 Å². The first-order valence-corrected chi connectivity index (χ1v) is 6.50. The van der Waals surface area contributed by atoms with Crippen LogP contribution in [0.3, 0.4) is 0 Å². The lowest BCUT2D eigenvalue weighted by Crippen LogP contribution is -2.17. The maximum atomic E-state index is 13.3. The number of halogens is 1. The number of hydrogen-bond donors (Lipinski definition) is 1. The Labute approximate surface area is 113 Å². The lowest BCUT2D eigenvalue weighted by Gasteiger charge is -2.23. The van der Waals surface area contributed by atoms with Gasteiger partial charge in [-0.15, -0.1) is 0 Å². The van der Waals surface area contributed by atoms with Gasteiger partial charge in [-0.25, -0.2) is 4.39 Å². The van der Waals surface area contributed by atoms with Crippen LogP contribution in [-0.4, -0.2) is 13.6 Å². The molecule has 2 nitrogen and oxygen atoms in total. The molecule has 0 aliphatic heterocycles. The van der Waals surface area contributed by atoms with Gasteiger partial charge in [0, 0.05) is 25.0 Å². The van der Waals surface area contributed by atoms with Crippen LogP contribution >= 0.6 is 0 Å². The van der Waals surface area contributed by atoms with Gasteiger partial charge in [0.15, 0.2) is 0 Å². The van der Waals surface area contributed by atoms with Crippen molar-refractivity contribution in [2.24, 2.45) is 0 Å². The fourth-order valence-corrected chi connectivity index (χ4v) is 2.07. The Hall–Kier alpha value is -1.87. The topological polar surface area (TPSA) is 15.3 Å². The Morgan fingerprint density at radius 3 is 2.63 bits per heavy atom. The third kappa shape index (κ3) is 3.32. The molecule has 1 N–H and O–H groups in total. The number of para-hydroxylation sites is 1. The third-order valence-corrected chi connectivity index (χ3v) is 3.11. The van der Waals surface area contributed by atoms with Gasteiger partial charge < -0.3 is 10.2 Å². The van der Waals surface area contributed by atoms with Crippen LogP contribution in [0.1, 0.15) is 12.5 Å². The zero-order valence-corrected chi connectivity index (χ0v) is 11.4. The molecular formula is C16H19FN2. The van der Waals surface area contributed by atoms with Gasteiger partial charge in [-0.2, -0.15) is 0 Å². The normalized spacial score (nSPS) is 10.5. The first-order chi connectivity index (χ1) is 9.22. The summed E-state index contributed by atoms with van der Waals surface area (Å²) in [5, 5.41) is 3.32. The molecule has 0 saturated carbocycles. The van der Waals surface area contributed by atoms with Crippen molar-refractivity contribution in [1.29, 1.82) is 0 Å². The number of nitrogens with one attached hydrogen (secondary N) is 1. The van der Waals surface area contributed by atoms with Crippen LogP contribution in [0.2, 0.25) is 0 Å². The first-order valence-electron chi connectivity index (χ1n) is 6.50. The monoisotopic (exact) mass is 258 g/mol. The van der Waals surface area contributed by atoms with Gasteiger partial charge in [0.25, 0.3) is 0 Å². The zero-order chi connectivity index (χ0) is 13.7. The van der Waals surface area contributed by atoms with Gasteiger partial charge in [0.1, 0.15) is 5.82 Å². The molecule has 0 aliphatic carbocycles. The van der Waals surface area contributed by atoms with Crippen molar-refractivity contribution in [3.63, 3.8) is 0 Å². The van der Waals surface area contributed by atoms with E-state index in [2.05, 4.69) is 24.4 Å². The largest absolute Gasteiger partial charge is 0.344 e. The second-order valence-corrected chi connectivity index (χ2v) is 4.45. The predicted octanol–water partition coefficient (Wildman–Crippen LogP) is 3.70. The Morgan fingerprint density at radius 2 is 1.89 bits per heavy atom. The van der Waals surface area contributed by atoms with Crippen LogP contribution < -0.4 is 10.2 Å². The van der Waals surface area contributed by atoms with Gasteiger partial charge >= 0.3 is 0 Å². The van der Waals surface area contributed by atoms with E-state index in [1.807, 2.05) is 30.1 Å². The van der Waals surface area contributed by atoms with Gasteiger partial charge in [-0.1, -0.05) is 31.2 Å². The Balaban J connectivity index is 2.30. The summed E-state index contributed by atoms with van der Waals surface area (Å²) in [7, 11) is 1.96. The molecule has 100 valence electrons. The van der Waals surface area contributed by atoms with E-state index in [1.165, 1.54) is 11.6 Å². The summed E-state index contributed by atoms with van der Waals surface area (Å²) in [6, 6.07) is 14.8. The molecular weight excluding hydrogens is 239 g/mol. The van der Waals surface area contributed by atoms with Crippen LogP contribution in [-0.2, 0) is 6.54 Å². The number of hydrogen-bond acceptors (Lipinski definition) is 2. The van der Waals surface area contributed by atoms with Crippen molar-refractivity contribution in [2.75, 3.05) is 18.5 Å². The van der Waals surface area contributed by atoms with E-state index in [1.54, 1.807) is 12.1 Å². The van der Waals surface area contributed by atoms with Gasteiger partial charge in [0.2, 0.25) is 0 Å². The smallest absolute Gasteiger partial charge is 0.125 e. The number of nitrogens with zero attached hydrogens (tertiary/aromatic N) is 1. The minimum absolute atomic E-state index is 0.214. The second-order valence-electron chi connectivity index (χ2n) is 4.45. The Bertz CT molecular complexity index is 540. The molecule has 0 amide bonds. The average Bonchev–Trinajstić information content (AvgIpc) is 2.44. The highest BCUT2D eigenvalue weighted by Crippen LogP contribution is 2.27. The van der Waals surface area contributed by atoms with Crippen molar-refractivity contribution >= 4 is 11.4 Å². The van der Waals surface area contributed by atoms with Gasteiger partial charge in [0.05, 0.1) is 0 Å². The van der Waals surface area contributed by atoms with Crippen LogP contribution in [0.5, 0.6) is 0 Å². The highest BCUT2D eigenvalue weighted by molar-refractivity contribution is 5.65. The number of anilines is 2. The maximum absolute atomic E-state index is 13.3. The summed E-state index contributed by atoms with van der Waals surface area (Å²) < 4.78 is 13.3. The molecule has 0 atom stereocenters. The number of benzene rings is 2. The quantitative estimate of drug-likeness (QED) is 0.879. The molecule has 2 aromatic carbocycles. The molecule has 0 fully saturated rings. The molecule has 2 rings (SSSR count). The molecule has 0 bridgehead atoms. The molecule has 0 spiro atoms. The van der Waals surface area contributed by atoms with Crippen LogP contribution in [0.25, 0.3) is 0 Å². The molecule has 0 radical (unpaired) electrons. The molecule has 0 aromatic heterocycles. The molecule has 0 aliphatic rings. The lowest BCUT2D eigenvalue weighted by molar-refractivity contribution is 0.628. The minimum atomic E-state index is -0.214. The molecule has 19 heavy (non-hydrogen) atoms. The highest BCUT2D eigenvalue weighted by atomic mass is 19.1. The zero-order valence-electron chi connectivity index (χ0n) is 11.4. The summed E-state index contributed by atoms with van der Waals surface area (Å²) in [5.41, 5.74) is 3.15. The van der Waals surface area contributed by atoms with Gasteiger partial charge in [-0.3, -0.25) is 0 Å². The van der Waals surface area contributed by atoms with Crippen LogP contribution in [0, 0.1) is 5.82 Å². The van der Waals surface area contributed by atoms with E-state index in [9.17, 15) is 4.39 Å². The van der Waals surface area contributed by atoms with Gasteiger partial charge in [-0.05, 0) is 36.4 Å². The van der Waals surface area contributed by atoms with Crippen LogP contribution in [0.15, 0.2) is 48.5 Å². The Morgan fingerprint density at radius 1 is 1.11 bits per heavy atom. The van der Waals surface area contributed by atoms with E-state index in [-0.39, 0.29) is 5.82 Å². The Kier molecular flexibility index (Phi) is 4.53. The summed E-state index contributed by atoms with van der Waals surface area (Å²) >= 11 is 0. The minimum Gasteiger partial charge on any atom is -0.344 e. The summed E-state index contributed by atoms with van der Waals surface area (Å²) in [5.74, 6) is -0.214. The van der Waals surface area contributed by atoms with E-state index in [4.69, 9.17) is 0 Å². The van der Waals surface area contributed by atoms with E-state index in [0.717, 1.165) is 24.5 Å². The third-order valence-electron chi connectivity index (χ3n) is 3.11. The van der Waals surface area contributed by atoms with E-state index < -0.39 is 0 Å². The maximum Gasteiger partial charge on any atom is 0.125 e.